The van der Waals surface area contributed by atoms with Crippen molar-refractivity contribution < 1.29 is 4.74 Å². The largest absolute Gasteiger partial charge is 0.381 e. The van der Waals surface area contributed by atoms with Crippen LogP contribution in [0.3, 0.4) is 0 Å². The quantitative estimate of drug-likeness (QED) is 0.842. The maximum Gasteiger partial charge on any atom is 0.0483 e. The highest BCUT2D eigenvalue weighted by molar-refractivity contribution is 4.98. The van der Waals surface area contributed by atoms with Crippen molar-refractivity contribution in [3.05, 3.63) is 0 Å². The van der Waals surface area contributed by atoms with Crippen LogP contribution in [0, 0.1) is 5.92 Å². The first-order valence-electron chi connectivity index (χ1n) is 8.77. The lowest BCUT2D eigenvalue weighted by Gasteiger charge is -2.52. The monoisotopic (exact) mass is 280 g/mol. The van der Waals surface area contributed by atoms with Crippen molar-refractivity contribution in [2.24, 2.45) is 5.92 Å². The molecule has 2 atom stereocenters. The topological polar surface area (TPSA) is 24.5 Å². The molecule has 2 unspecified atom stereocenters. The normalized spacial score (nSPS) is 36.9. The van der Waals surface area contributed by atoms with Gasteiger partial charge in [0.05, 0.1) is 0 Å². The number of rotatable bonds is 2. The standard InChI is InChI=1S/C17H32N2O/c1-14-12-18-16(15-6-4-3-5-7-15)13-19(14)17(2)8-10-20-11-9-17/h14-16,18H,3-13H2,1-2H3. The van der Waals surface area contributed by atoms with Crippen molar-refractivity contribution in [1.29, 1.82) is 0 Å². The molecule has 0 radical (unpaired) electrons. The first-order chi connectivity index (χ1) is 9.69. The molecule has 3 fully saturated rings. The average molecular weight is 280 g/mol. The Morgan fingerprint density at radius 3 is 2.50 bits per heavy atom. The SMILES string of the molecule is CC1CNC(C2CCCCC2)CN1C1(C)CCOCC1. The molecule has 0 amide bonds. The van der Waals surface area contributed by atoms with Crippen LogP contribution in [-0.2, 0) is 4.74 Å². The van der Waals surface area contributed by atoms with Crippen molar-refractivity contribution in [3.63, 3.8) is 0 Å². The number of ether oxygens (including phenoxy) is 1. The van der Waals surface area contributed by atoms with E-state index in [1.54, 1.807) is 0 Å². The lowest BCUT2D eigenvalue weighted by atomic mass is 9.80. The predicted octanol–water partition coefficient (Wildman–Crippen LogP) is 2.80. The van der Waals surface area contributed by atoms with Crippen LogP contribution in [0.4, 0.5) is 0 Å². The van der Waals surface area contributed by atoms with E-state index in [2.05, 4.69) is 24.1 Å². The Hall–Kier alpha value is -0.120. The molecule has 0 spiro atoms. The minimum absolute atomic E-state index is 0.368. The van der Waals surface area contributed by atoms with Gasteiger partial charge in [-0.05, 0) is 45.4 Å². The summed E-state index contributed by atoms with van der Waals surface area (Å²) in [5.41, 5.74) is 0.368. The van der Waals surface area contributed by atoms with Gasteiger partial charge in [0.2, 0.25) is 0 Å². The van der Waals surface area contributed by atoms with Crippen LogP contribution in [0.15, 0.2) is 0 Å². The Morgan fingerprint density at radius 2 is 1.80 bits per heavy atom. The molecule has 116 valence electrons. The van der Waals surface area contributed by atoms with E-state index in [1.807, 2.05) is 0 Å². The van der Waals surface area contributed by atoms with Crippen molar-refractivity contribution in [1.82, 2.24) is 10.2 Å². The van der Waals surface area contributed by atoms with E-state index in [0.29, 0.717) is 11.6 Å². The summed E-state index contributed by atoms with van der Waals surface area (Å²) in [4.78, 5) is 2.81. The molecular weight excluding hydrogens is 248 g/mol. The summed E-state index contributed by atoms with van der Waals surface area (Å²) < 4.78 is 5.59. The van der Waals surface area contributed by atoms with Crippen molar-refractivity contribution in [3.8, 4) is 0 Å². The van der Waals surface area contributed by atoms with E-state index in [1.165, 1.54) is 51.5 Å². The zero-order valence-corrected chi connectivity index (χ0v) is 13.4. The first-order valence-corrected chi connectivity index (χ1v) is 8.77. The highest BCUT2D eigenvalue weighted by Crippen LogP contribution is 2.34. The fourth-order valence-electron chi connectivity index (χ4n) is 4.59. The summed E-state index contributed by atoms with van der Waals surface area (Å²) in [6, 6.07) is 1.39. The van der Waals surface area contributed by atoms with Crippen LogP contribution in [-0.4, -0.2) is 48.8 Å². The second kappa shape index (κ2) is 6.33. The summed E-state index contributed by atoms with van der Waals surface area (Å²) in [5, 5.41) is 3.85. The van der Waals surface area contributed by atoms with Gasteiger partial charge in [0.25, 0.3) is 0 Å². The molecule has 1 saturated carbocycles. The molecule has 2 heterocycles. The summed E-state index contributed by atoms with van der Waals surface area (Å²) in [5.74, 6) is 0.919. The maximum atomic E-state index is 5.59. The molecular formula is C17H32N2O. The summed E-state index contributed by atoms with van der Waals surface area (Å²) in [7, 11) is 0. The Balaban J connectivity index is 1.66. The van der Waals surface area contributed by atoms with Gasteiger partial charge >= 0.3 is 0 Å². The van der Waals surface area contributed by atoms with E-state index < -0.39 is 0 Å². The van der Waals surface area contributed by atoms with E-state index >= 15 is 0 Å². The third-order valence-corrected chi connectivity index (χ3v) is 6.08. The summed E-state index contributed by atoms with van der Waals surface area (Å²) in [6.45, 7) is 9.17. The van der Waals surface area contributed by atoms with Crippen molar-refractivity contribution in [2.45, 2.75) is 76.4 Å². The van der Waals surface area contributed by atoms with E-state index in [9.17, 15) is 0 Å². The molecule has 20 heavy (non-hydrogen) atoms. The molecule has 3 nitrogen and oxygen atoms in total. The highest BCUT2D eigenvalue weighted by atomic mass is 16.5. The number of hydrogen-bond donors (Lipinski definition) is 1. The number of hydrogen-bond acceptors (Lipinski definition) is 3. The number of nitrogens with one attached hydrogen (secondary N) is 1. The lowest BCUT2D eigenvalue weighted by molar-refractivity contribution is -0.0552. The van der Waals surface area contributed by atoms with Gasteiger partial charge in [0.15, 0.2) is 0 Å². The summed E-state index contributed by atoms with van der Waals surface area (Å²) in [6.07, 6.45) is 9.65. The Kier molecular flexibility index (Phi) is 4.68. The van der Waals surface area contributed by atoms with Crippen LogP contribution in [0.25, 0.3) is 0 Å². The van der Waals surface area contributed by atoms with E-state index in [4.69, 9.17) is 4.74 Å². The fourth-order valence-corrected chi connectivity index (χ4v) is 4.59. The minimum atomic E-state index is 0.368. The molecule has 3 rings (SSSR count). The van der Waals surface area contributed by atoms with Gasteiger partial charge in [-0.2, -0.15) is 0 Å². The third-order valence-electron chi connectivity index (χ3n) is 6.08. The average Bonchev–Trinajstić information content (AvgIpc) is 2.49. The van der Waals surface area contributed by atoms with Gasteiger partial charge in [-0.25, -0.2) is 0 Å². The van der Waals surface area contributed by atoms with E-state index in [0.717, 1.165) is 31.7 Å². The second-order valence-electron chi connectivity index (χ2n) is 7.52. The zero-order chi connectivity index (χ0) is 14.0. The van der Waals surface area contributed by atoms with Gasteiger partial charge < -0.3 is 10.1 Å². The fraction of sp³-hybridized carbons (Fsp3) is 1.00. The zero-order valence-electron chi connectivity index (χ0n) is 13.4. The van der Waals surface area contributed by atoms with Crippen LogP contribution in [0.5, 0.6) is 0 Å². The molecule has 1 aliphatic carbocycles. The maximum absolute atomic E-state index is 5.59. The Labute approximate surface area is 124 Å². The van der Waals surface area contributed by atoms with Crippen molar-refractivity contribution in [2.75, 3.05) is 26.3 Å². The molecule has 2 saturated heterocycles. The molecule has 0 aromatic carbocycles. The Bertz CT molecular complexity index is 308. The minimum Gasteiger partial charge on any atom is -0.381 e. The third kappa shape index (κ3) is 3.05. The van der Waals surface area contributed by atoms with Gasteiger partial charge in [0, 0.05) is 43.9 Å². The van der Waals surface area contributed by atoms with Gasteiger partial charge in [0.1, 0.15) is 0 Å². The second-order valence-corrected chi connectivity index (χ2v) is 7.52. The predicted molar refractivity (Wildman–Crippen MR) is 83.0 cm³/mol. The lowest BCUT2D eigenvalue weighted by Crippen LogP contribution is -2.65. The van der Waals surface area contributed by atoms with Gasteiger partial charge in [-0.3, -0.25) is 4.90 Å². The molecule has 1 N–H and O–H groups in total. The van der Waals surface area contributed by atoms with Gasteiger partial charge in [-0.15, -0.1) is 0 Å². The highest BCUT2D eigenvalue weighted by Gasteiger charge is 2.41. The van der Waals surface area contributed by atoms with Crippen LogP contribution >= 0.6 is 0 Å². The molecule has 0 aromatic heterocycles. The summed E-state index contributed by atoms with van der Waals surface area (Å²) >= 11 is 0. The Morgan fingerprint density at radius 1 is 1.10 bits per heavy atom. The van der Waals surface area contributed by atoms with Crippen LogP contribution < -0.4 is 5.32 Å². The van der Waals surface area contributed by atoms with Crippen LogP contribution in [0.2, 0.25) is 0 Å². The van der Waals surface area contributed by atoms with Crippen molar-refractivity contribution >= 4 is 0 Å². The molecule has 3 aliphatic rings. The number of nitrogens with zero attached hydrogens (tertiary/aromatic N) is 1. The van der Waals surface area contributed by atoms with Gasteiger partial charge in [-0.1, -0.05) is 19.3 Å². The molecule has 0 aromatic rings. The number of piperazine rings is 1. The smallest absolute Gasteiger partial charge is 0.0483 e. The molecule has 0 bridgehead atoms. The molecule has 2 aliphatic heterocycles. The van der Waals surface area contributed by atoms with E-state index in [-0.39, 0.29) is 0 Å². The first kappa shape index (κ1) is 14.8. The molecule has 3 heteroatoms. The van der Waals surface area contributed by atoms with Crippen LogP contribution in [0.1, 0.15) is 58.8 Å².